The van der Waals surface area contributed by atoms with Crippen LogP contribution in [0.25, 0.3) is 0 Å². The van der Waals surface area contributed by atoms with Crippen LogP contribution >= 0.6 is 0 Å². The molecule has 0 bridgehead atoms. The number of nitrogens with zero attached hydrogens (tertiary/aromatic N) is 1. The lowest BCUT2D eigenvalue weighted by Gasteiger charge is -2.18. The normalized spacial score (nSPS) is 10.5. The van der Waals surface area contributed by atoms with Crippen molar-refractivity contribution in [3.05, 3.63) is 59.7 Å². The molecule has 0 unspecified atom stereocenters. The standard InChI is InChI=1S/C19H20F2N2O4/c1-23(10-9-17(24)25)19(26)22-15-7-8-16(27-18(20)21)14(12-15)11-13-5-3-2-4-6-13/h2-8,12,18H,9-11H2,1H3,(H,22,26)(H,24,25). The molecule has 0 aliphatic carbocycles. The molecule has 0 spiro atoms. The van der Waals surface area contributed by atoms with Gasteiger partial charge in [-0.25, -0.2) is 4.79 Å². The molecular weight excluding hydrogens is 358 g/mol. The fourth-order valence-electron chi connectivity index (χ4n) is 2.41. The third kappa shape index (κ3) is 6.58. The minimum atomic E-state index is -2.96. The van der Waals surface area contributed by atoms with Gasteiger partial charge in [0.05, 0.1) is 6.42 Å². The summed E-state index contributed by atoms with van der Waals surface area (Å²) in [6, 6.07) is 13.1. The van der Waals surface area contributed by atoms with Gasteiger partial charge in [-0.15, -0.1) is 0 Å². The number of nitrogens with one attached hydrogen (secondary N) is 1. The molecule has 0 atom stereocenters. The van der Waals surface area contributed by atoms with Crippen molar-refractivity contribution in [1.29, 1.82) is 0 Å². The first-order valence-electron chi connectivity index (χ1n) is 8.20. The lowest BCUT2D eigenvalue weighted by atomic mass is 10.0. The van der Waals surface area contributed by atoms with Crippen molar-refractivity contribution in [3.63, 3.8) is 0 Å². The van der Waals surface area contributed by atoms with E-state index in [1.54, 1.807) is 6.07 Å². The van der Waals surface area contributed by atoms with Crippen molar-refractivity contribution in [2.45, 2.75) is 19.5 Å². The van der Waals surface area contributed by atoms with Gasteiger partial charge in [-0.2, -0.15) is 8.78 Å². The van der Waals surface area contributed by atoms with Gasteiger partial charge < -0.3 is 20.1 Å². The van der Waals surface area contributed by atoms with Crippen LogP contribution in [0, 0.1) is 0 Å². The average Bonchev–Trinajstić information content (AvgIpc) is 2.62. The minimum absolute atomic E-state index is 0.0334. The van der Waals surface area contributed by atoms with Crippen LogP contribution in [0.5, 0.6) is 5.75 Å². The maximum Gasteiger partial charge on any atom is 0.387 e. The number of carboxylic acid groups (broad SMARTS) is 1. The predicted octanol–water partition coefficient (Wildman–Crippen LogP) is 3.82. The van der Waals surface area contributed by atoms with Gasteiger partial charge in [0.1, 0.15) is 5.75 Å². The molecule has 0 saturated carbocycles. The number of benzene rings is 2. The summed E-state index contributed by atoms with van der Waals surface area (Å²) in [6.07, 6.45) is 0.172. The molecule has 8 heteroatoms. The Morgan fingerprint density at radius 2 is 1.89 bits per heavy atom. The maximum atomic E-state index is 12.7. The quantitative estimate of drug-likeness (QED) is 0.732. The number of hydrogen-bond acceptors (Lipinski definition) is 3. The van der Waals surface area contributed by atoms with E-state index in [2.05, 4.69) is 10.1 Å². The van der Waals surface area contributed by atoms with Crippen LogP contribution < -0.4 is 10.1 Å². The maximum absolute atomic E-state index is 12.7. The lowest BCUT2D eigenvalue weighted by molar-refractivity contribution is -0.137. The minimum Gasteiger partial charge on any atom is -0.481 e. The Balaban J connectivity index is 2.16. The van der Waals surface area contributed by atoms with E-state index in [1.807, 2.05) is 30.3 Å². The molecule has 27 heavy (non-hydrogen) atoms. The number of ether oxygens (including phenoxy) is 1. The van der Waals surface area contributed by atoms with Gasteiger partial charge in [-0.3, -0.25) is 4.79 Å². The van der Waals surface area contributed by atoms with Gasteiger partial charge in [0.15, 0.2) is 0 Å². The Morgan fingerprint density at radius 3 is 2.52 bits per heavy atom. The fraction of sp³-hybridized carbons (Fsp3) is 0.263. The third-order valence-corrected chi connectivity index (χ3v) is 3.77. The highest BCUT2D eigenvalue weighted by molar-refractivity contribution is 5.89. The van der Waals surface area contributed by atoms with Gasteiger partial charge in [0, 0.05) is 31.3 Å². The molecule has 2 N–H and O–H groups in total. The number of carbonyl (C=O) groups excluding carboxylic acids is 1. The summed E-state index contributed by atoms with van der Waals surface area (Å²) in [4.78, 5) is 24.0. The summed E-state index contributed by atoms with van der Waals surface area (Å²) in [5, 5.41) is 11.3. The molecule has 2 rings (SSSR count). The van der Waals surface area contributed by atoms with Crippen molar-refractivity contribution in [2.75, 3.05) is 18.9 Å². The van der Waals surface area contributed by atoms with E-state index in [4.69, 9.17) is 5.11 Å². The van der Waals surface area contributed by atoms with Gasteiger partial charge in [-0.1, -0.05) is 30.3 Å². The molecule has 6 nitrogen and oxygen atoms in total. The Kier molecular flexibility index (Phi) is 7.10. The monoisotopic (exact) mass is 378 g/mol. The summed E-state index contributed by atoms with van der Waals surface area (Å²) < 4.78 is 29.9. The number of hydrogen-bond donors (Lipinski definition) is 2. The molecule has 144 valence electrons. The summed E-state index contributed by atoms with van der Waals surface area (Å²) in [5.41, 5.74) is 1.79. The first kappa shape index (κ1) is 20.2. The van der Waals surface area contributed by atoms with Crippen molar-refractivity contribution in [1.82, 2.24) is 4.90 Å². The topological polar surface area (TPSA) is 78.9 Å². The fourth-order valence-corrected chi connectivity index (χ4v) is 2.41. The number of alkyl halides is 2. The van der Waals surface area contributed by atoms with Crippen molar-refractivity contribution in [2.24, 2.45) is 0 Å². The molecule has 0 aromatic heterocycles. The lowest BCUT2D eigenvalue weighted by Crippen LogP contribution is -2.33. The van der Waals surface area contributed by atoms with E-state index in [9.17, 15) is 18.4 Å². The number of halogens is 2. The molecule has 0 aliphatic rings. The first-order chi connectivity index (χ1) is 12.8. The van der Waals surface area contributed by atoms with Crippen molar-refractivity contribution >= 4 is 17.7 Å². The zero-order valence-electron chi connectivity index (χ0n) is 14.7. The van der Waals surface area contributed by atoms with E-state index in [0.29, 0.717) is 17.7 Å². The van der Waals surface area contributed by atoms with Crippen LogP contribution in [0.4, 0.5) is 19.3 Å². The summed E-state index contributed by atoms with van der Waals surface area (Å²) >= 11 is 0. The van der Waals surface area contributed by atoms with Crippen LogP contribution in [0.15, 0.2) is 48.5 Å². The second-order valence-electron chi connectivity index (χ2n) is 5.86. The molecule has 2 aromatic carbocycles. The highest BCUT2D eigenvalue weighted by Crippen LogP contribution is 2.27. The number of anilines is 1. The molecule has 0 fully saturated rings. The van der Waals surface area contributed by atoms with E-state index >= 15 is 0 Å². The SMILES string of the molecule is CN(CCC(=O)O)C(=O)Nc1ccc(OC(F)F)c(Cc2ccccc2)c1. The van der Waals surface area contributed by atoms with Crippen molar-refractivity contribution < 1.29 is 28.2 Å². The molecule has 2 aromatic rings. The van der Waals surface area contributed by atoms with Gasteiger partial charge in [0.25, 0.3) is 0 Å². The number of urea groups is 1. The van der Waals surface area contributed by atoms with Gasteiger partial charge in [0.2, 0.25) is 0 Å². The predicted molar refractivity (Wildman–Crippen MR) is 96.2 cm³/mol. The van der Waals surface area contributed by atoms with Gasteiger partial charge in [-0.05, 0) is 23.8 Å². The second kappa shape index (κ2) is 9.51. The smallest absolute Gasteiger partial charge is 0.387 e. The van der Waals surface area contributed by atoms with Gasteiger partial charge >= 0.3 is 18.6 Å². The molecule has 0 saturated heterocycles. The first-order valence-corrected chi connectivity index (χ1v) is 8.20. The Bertz CT molecular complexity index is 785. The van der Waals surface area contributed by atoms with E-state index in [1.165, 1.54) is 24.1 Å². The van der Waals surface area contributed by atoms with E-state index in [0.717, 1.165) is 5.56 Å². The largest absolute Gasteiger partial charge is 0.481 e. The van der Waals surface area contributed by atoms with E-state index in [-0.39, 0.29) is 18.7 Å². The number of amides is 2. The number of carbonyl (C=O) groups is 2. The summed E-state index contributed by atoms with van der Waals surface area (Å²) in [6.45, 7) is -2.91. The zero-order valence-corrected chi connectivity index (χ0v) is 14.7. The number of rotatable bonds is 8. The molecular formula is C19H20F2N2O4. The summed E-state index contributed by atoms with van der Waals surface area (Å²) in [7, 11) is 1.47. The average molecular weight is 378 g/mol. The Labute approximate surface area is 155 Å². The number of carboxylic acids is 1. The van der Waals surface area contributed by atoms with Crippen LogP contribution in [0.2, 0.25) is 0 Å². The Hall–Kier alpha value is -3.16. The van der Waals surface area contributed by atoms with Crippen LogP contribution in [0.3, 0.4) is 0 Å². The molecule has 2 amide bonds. The van der Waals surface area contributed by atoms with Crippen molar-refractivity contribution in [3.8, 4) is 5.75 Å². The highest BCUT2D eigenvalue weighted by atomic mass is 19.3. The number of aliphatic carboxylic acids is 1. The highest BCUT2D eigenvalue weighted by Gasteiger charge is 2.14. The summed E-state index contributed by atoms with van der Waals surface area (Å²) in [5.74, 6) is -0.973. The van der Waals surface area contributed by atoms with Crippen LogP contribution in [0.1, 0.15) is 17.5 Å². The molecule has 0 aliphatic heterocycles. The third-order valence-electron chi connectivity index (χ3n) is 3.77. The van der Waals surface area contributed by atoms with E-state index < -0.39 is 18.6 Å². The molecule has 0 radical (unpaired) electrons. The second-order valence-corrected chi connectivity index (χ2v) is 5.86. The van der Waals surface area contributed by atoms with Crippen LogP contribution in [-0.2, 0) is 11.2 Å². The Morgan fingerprint density at radius 1 is 1.19 bits per heavy atom. The molecule has 0 heterocycles. The zero-order chi connectivity index (χ0) is 19.8. The van der Waals surface area contributed by atoms with Crippen LogP contribution in [-0.4, -0.2) is 42.2 Å².